The van der Waals surface area contributed by atoms with Gasteiger partial charge in [-0.2, -0.15) is 0 Å². The van der Waals surface area contributed by atoms with E-state index < -0.39 is 5.97 Å². The Morgan fingerprint density at radius 1 is 1.30 bits per heavy atom. The fourth-order valence-electron chi connectivity index (χ4n) is 2.79. The van der Waals surface area contributed by atoms with Crippen LogP contribution in [0, 0.1) is 11.8 Å². The predicted octanol–water partition coefficient (Wildman–Crippen LogP) is 2.86. The third-order valence-electron chi connectivity index (χ3n) is 3.85. The van der Waals surface area contributed by atoms with Crippen LogP contribution < -0.4 is 0 Å². The Kier molecular flexibility index (Phi) is 7.05. The highest BCUT2D eigenvalue weighted by Gasteiger charge is 2.27. The molecule has 0 saturated carbocycles. The molecule has 1 atom stereocenters. The predicted molar refractivity (Wildman–Crippen MR) is 79.3 cm³/mol. The van der Waals surface area contributed by atoms with Gasteiger partial charge in [-0.3, -0.25) is 9.59 Å². The molecule has 1 unspecified atom stereocenters. The summed E-state index contributed by atoms with van der Waals surface area (Å²) in [6.45, 7) is 8.88. The Labute approximate surface area is 121 Å². The first-order valence-electron chi connectivity index (χ1n) is 7.30. The maximum atomic E-state index is 12.5. The van der Waals surface area contributed by atoms with Crippen LogP contribution in [0.3, 0.4) is 0 Å². The van der Waals surface area contributed by atoms with Crippen LogP contribution in [0.1, 0.15) is 38.5 Å². The topological polar surface area (TPSA) is 57.6 Å². The van der Waals surface area contributed by atoms with E-state index in [-0.39, 0.29) is 18.2 Å². The number of hydrogen-bond acceptors (Lipinski definition) is 2. The number of amides is 1. The summed E-state index contributed by atoms with van der Waals surface area (Å²) in [5.41, 5.74) is 0. The number of likely N-dealkylation sites (tertiary alicyclic amines) is 1. The van der Waals surface area contributed by atoms with E-state index in [1.807, 2.05) is 4.90 Å². The molecule has 1 amide bonds. The van der Waals surface area contributed by atoms with Crippen molar-refractivity contribution in [2.24, 2.45) is 11.8 Å². The summed E-state index contributed by atoms with van der Waals surface area (Å²) < 4.78 is 0. The van der Waals surface area contributed by atoms with Crippen molar-refractivity contribution in [2.75, 3.05) is 13.1 Å². The van der Waals surface area contributed by atoms with Crippen molar-refractivity contribution in [3.8, 4) is 0 Å². The van der Waals surface area contributed by atoms with Gasteiger partial charge in [-0.25, -0.2) is 0 Å². The van der Waals surface area contributed by atoms with Gasteiger partial charge >= 0.3 is 5.97 Å². The summed E-state index contributed by atoms with van der Waals surface area (Å²) in [5, 5.41) is 8.74. The van der Waals surface area contributed by atoms with Gasteiger partial charge in [-0.1, -0.05) is 12.2 Å². The third kappa shape index (κ3) is 5.19. The molecule has 1 heterocycles. The number of carbonyl (C=O) groups is 2. The second-order valence-electron chi connectivity index (χ2n) is 5.47. The fraction of sp³-hybridized carbons (Fsp3) is 0.625. The van der Waals surface area contributed by atoms with Crippen molar-refractivity contribution < 1.29 is 14.7 Å². The molecule has 0 aromatic heterocycles. The van der Waals surface area contributed by atoms with Gasteiger partial charge in [0.05, 0.1) is 0 Å². The molecule has 4 heteroatoms. The number of allylic oxidation sites excluding steroid dienone is 2. The van der Waals surface area contributed by atoms with Crippen molar-refractivity contribution in [1.82, 2.24) is 4.90 Å². The quantitative estimate of drug-likeness (QED) is 0.695. The summed E-state index contributed by atoms with van der Waals surface area (Å²) in [4.78, 5) is 25.0. The number of rotatable bonds is 8. The molecule has 1 rings (SSSR count). The van der Waals surface area contributed by atoms with Crippen LogP contribution in [0.15, 0.2) is 25.3 Å². The van der Waals surface area contributed by atoms with Crippen molar-refractivity contribution in [1.29, 1.82) is 0 Å². The zero-order valence-electron chi connectivity index (χ0n) is 12.1. The van der Waals surface area contributed by atoms with E-state index in [0.29, 0.717) is 31.7 Å². The van der Waals surface area contributed by atoms with E-state index in [0.717, 1.165) is 19.4 Å². The number of piperidine rings is 1. The van der Waals surface area contributed by atoms with Gasteiger partial charge in [-0.05, 0) is 38.0 Å². The average molecular weight is 279 g/mol. The number of aliphatic carboxylic acids is 1. The highest BCUT2D eigenvalue weighted by molar-refractivity contribution is 5.79. The number of carbonyl (C=O) groups excluding carboxylic acids is 1. The normalized spacial score (nSPS) is 18.9. The molecule has 0 aromatic rings. The Bertz CT molecular complexity index is 355. The van der Waals surface area contributed by atoms with Crippen LogP contribution in [-0.4, -0.2) is 35.0 Å². The molecule has 1 saturated heterocycles. The monoisotopic (exact) mass is 279 g/mol. The van der Waals surface area contributed by atoms with E-state index in [2.05, 4.69) is 13.2 Å². The summed E-state index contributed by atoms with van der Waals surface area (Å²) in [6.07, 6.45) is 7.72. The van der Waals surface area contributed by atoms with Crippen molar-refractivity contribution >= 4 is 11.9 Å². The maximum absolute atomic E-state index is 12.5. The van der Waals surface area contributed by atoms with Gasteiger partial charge in [0, 0.05) is 25.4 Å². The Morgan fingerprint density at radius 3 is 2.50 bits per heavy atom. The smallest absolute Gasteiger partial charge is 0.303 e. The van der Waals surface area contributed by atoms with Crippen molar-refractivity contribution in [3.05, 3.63) is 25.3 Å². The summed E-state index contributed by atoms with van der Waals surface area (Å²) >= 11 is 0. The van der Waals surface area contributed by atoms with Gasteiger partial charge in [0.2, 0.25) is 5.91 Å². The zero-order chi connectivity index (χ0) is 15.0. The molecule has 1 aliphatic rings. The molecule has 1 aliphatic heterocycles. The van der Waals surface area contributed by atoms with Gasteiger partial charge < -0.3 is 10.0 Å². The number of hydrogen-bond donors (Lipinski definition) is 1. The third-order valence-corrected chi connectivity index (χ3v) is 3.85. The zero-order valence-corrected chi connectivity index (χ0v) is 12.1. The average Bonchev–Trinajstić information content (AvgIpc) is 2.44. The van der Waals surface area contributed by atoms with Gasteiger partial charge in [-0.15, -0.1) is 13.2 Å². The van der Waals surface area contributed by atoms with Gasteiger partial charge in [0.15, 0.2) is 0 Å². The minimum Gasteiger partial charge on any atom is -0.481 e. The molecule has 0 aromatic carbocycles. The number of carboxylic acid groups (broad SMARTS) is 1. The van der Waals surface area contributed by atoms with Crippen LogP contribution in [0.25, 0.3) is 0 Å². The van der Waals surface area contributed by atoms with Crippen LogP contribution >= 0.6 is 0 Å². The molecular weight excluding hydrogens is 254 g/mol. The Balaban J connectivity index is 2.55. The molecule has 1 N–H and O–H groups in total. The highest BCUT2D eigenvalue weighted by Crippen LogP contribution is 2.24. The Morgan fingerprint density at radius 2 is 1.95 bits per heavy atom. The summed E-state index contributed by atoms with van der Waals surface area (Å²) in [7, 11) is 0. The lowest BCUT2D eigenvalue weighted by Gasteiger charge is -2.34. The molecular formula is C16H25NO3. The molecule has 4 nitrogen and oxygen atoms in total. The lowest BCUT2D eigenvalue weighted by molar-refractivity contribution is -0.138. The van der Waals surface area contributed by atoms with E-state index in [9.17, 15) is 9.59 Å². The SMILES string of the molecule is C=CCC(CC=C)C(=O)N1CCCC(CCC(=O)O)C1. The molecule has 0 spiro atoms. The molecule has 0 bridgehead atoms. The van der Waals surface area contributed by atoms with Crippen molar-refractivity contribution in [2.45, 2.75) is 38.5 Å². The van der Waals surface area contributed by atoms with Crippen LogP contribution in [-0.2, 0) is 9.59 Å². The second kappa shape index (κ2) is 8.56. The first-order chi connectivity index (χ1) is 9.58. The summed E-state index contributed by atoms with van der Waals surface area (Å²) in [5.74, 6) is -0.352. The highest BCUT2D eigenvalue weighted by atomic mass is 16.4. The van der Waals surface area contributed by atoms with E-state index in [4.69, 9.17) is 5.11 Å². The molecule has 112 valence electrons. The molecule has 20 heavy (non-hydrogen) atoms. The first-order valence-corrected chi connectivity index (χ1v) is 7.30. The number of nitrogens with zero attached hydrogens (tertiary/aromatic N) is 1. The lowest BCUT2D eigenvalue weighted by atomic mass is 9.91. The minimum atomic E-state index is -0.760. The van der Waals surface area contributed by atoms with Gasteiger partial charge in [0.25, 0.3) is 0 Å². The van der Waals surface area contributed by atoms with Crippen LogP contribution in [0.5, 0.6) is 0 Å². The standard InChI is InChI=1S/C16H25NO3/c1-3-6-14(7-4-2)16(20)17-11-5-8-13(12-17)9-10-15(18)19/h3-4,13-14H,1-2,5-12H2,(H,18,19). The van der Waals surface area contributed by atoms with E-state index >= 15 is 0 Å². The second-order valence-corrected chi connectivity index (χ2v) is 5.47. The van der Waals surface area contributed by atoms with Crippen LogP contribution in [0.4, 0.5) is 0 Å². The maximum Gasteiger partial charge on any atom is 0.303 e. The van der Waals surface area contributed by atoms with Crippen LogP contribution in [0.2, 0.25) is 0 Å². The van der Waals surface area contributed by atoms with Gasteiger partial charge in [0.1, 0.15) is 0 Å². The Hall–Kier alpha value is -1.58. The molecule has 1 fully saturated rings. The fourth-order valence-corrected chi connectivity index (χ4v) is 2.79. The van der Waals surface area contributed by atoms with E-state index in [1.54, 1.807) is 12.2 Å². The molecule has 0 aliphatic carbocycles. The summed E-state index contributed by atoms with van der Waals surface area (Å²) in [6, 6.07) is 0. The van der Waals surface area contributed by atoms with E-state index in [1.165, 1.54) is 0 Å². The molecule has 0 radical (unpaired) electrons. The minimum absolute atomic E-state index is 0.0665. The lowest BCUT2D eigenvalue weighted by Crippen LogP contribution is -2.43. The van der Waals surface area contributed by atoms with Crippen molar-refractivity contribution in [3.63, 3.8) is 0 Å². The largest absolute Gasteiger partial charge is 0.481 e. The number of carboxylic acids is 1. The first kappa shape index (κ1) is 16.5.